The van der Waals surface area contributed by atoms with E-state index < -0.39 is 12.0 Å². The first-order chi connectivity index (χ1) is 7.53. The third-order valence-corrected chi connectivity index (χ3v) is 2.68. The molecule has 2 N–H and O–H groups in total. The third kappa shape index (κ3) is 1.65. The van der Waals surface area contributed by atoms with Gasteiger partial charge in [-0.05, 0) is 24.6 Å². The summed E-state index contributed by atoms with van der Waals surface area (Å²) in [7, 11) is 0. The van der Waals surface area contributed by atoms with Gasteiger partial charge in [0.05, 0.1) is 5.52 Å². The predicted octanol–water partition coefficient (Wildman–Crippen LogP) is 2.67. The van der Waals surface area contributed by atoms with Gasteiger partial charge in [-0.3, -0.25) is 4.98 Å². The molecule has 0 saturated heterocycles. The molecule has 4 heteroatoms. The Hall–Kier alpha value is -1.55. The number of aromatic nitrogens is 1. The number of hydrogen-bond donors (Lipinski definition) is 1. The number of rotatable bonds is 2. The van der Waals surface area contributed by atoms with Crippen molar-refractivity contribution >= 4 is 10.9 Å². The van der Waals surface area contributed by atoms with Gasteiger partial charge in [0.2, 0.25) is 0 Å². The fraction of sp³-hybridized carbons (Fsp3) is 0.250. The minimum absolute atomic E-state index is 0.424. The molecular formula is C12H12F2N2. The maximum Gasteiger partial charge on any atom is 0.260 e. The highest BCUT2D eigenvalue weighted by Crippen LogP contribution is 2.30. The van der Waals surface area contributed by atoms with Crippen molar-refractivity contribution in [3.8, 4) is 0 Å². The molecular weight excluding hydrogens is 210 g/mol. The number of pyridine rings is 1. The van der Waals surface area contributed by atoms with Crippen LogP contribution in [0, 0.1) is 0 Å². The molecule has 0 bridgehead atoms. The number of nitrogens with zero attached hydrogens (tertiary/aromatic N) is 1. The fourth-order valence-corrected chi connectivity index (χ4v) is 1.68. The van der Waals surface area contributed by atoms with Crippen LogP contribution in [0.4, 0.5) is 8.78 Å². The third-order valence-electron chi connectivity index (χ3n) is 2.68. The monoisotopic (exact) mass is 222 g/mol. The summed E-state index contributed by atoms with van der Waals surface area (Å²) in [5, 5.41) is 0.676. The highest BCUT2D eigenvalue weighted by atomic mass is 19.3. The Morgan fingerprint density at radius 2 is 1.94 bits per heavy atom. The van der Waals surface area contributed by atoms with Crippen LogP contribution in [0.25, 0.3) is 10.9 Å². The number of hydrogen-bond acceptors (Lipinski definition) is 2. The van der Waals surface area contributed by atoms with Crippen molar-refractivity contribution in [3.05, 3.63) is 42.1 Å². The second-order valence-electron chi connectivity index (χ2n) is 3.96. The van der Waals surface area contributed by atoms with Gasteiger partial charge in [0.25, 0.3) is 6.43 Å². The van der Waals surface area contributed by atoms with Gasteiger partial charge in [0, 0.05) is 11.6 Å². The molecule has 2 aromatic rings. The van der Waals surface area contributed by atoms with Crippen LogP contribution in [0.3, 0.4) is 0 Å². The quantitative estimate of drug-likeness (QED) is 0.848. The van der Waals surface area contributed by atoms with Crippen LogP contribution < -0.4 is 5.73 Å². The summed E-state index contributed by atoms with van der Waals surface area (Å²) >= 11 is 0. The van der Waals surface area contributed by atoms with Crippen LogP contribution in [0.15, 0.2) is 36.5 Å². The van der Waals surface area contributed by atoms with Crippen LogP contribution in [0.5, 0.6) is 0 Å². The topological polar surface area (TPSA) is 38.9 Å². The van der Waals surface area contributed by atoms with Crippen molar-refractivity contribution in [3.63, 3.8) is 0 Å². The van der Waals surface area contributed by atoms with Crippen molar-refractivity contribution in [1.82, 2.24) is 4.98 Å². The second-order valence-corrected chi connectivity index (χ2v) is 3.96. The minimum atomic E-state index is -2.61. The molecule has 1 unspecified atom stereocenters. The molecule has 0 amide bonds. The Morgan fingerprint density at radius 1 is 1.25 bits per heavy atom. The lowest BCUT2D eigenvalue weighted by molar-refractivity contribution is 0.0633. The van der Waals surface area contributed by atoms with Gasteiger partial charge in [0.15, 0.2) is 0 Å². The normalized spacial score (nSPS) is 15.3. The van der Waals surface area contributed by atoms with Crippen LogP contribution in [0.1, 0.15) is 12.5 Å². The smallest absolute Gasteiger partial charge is 0.260 e. The summed E-state index contributed by atoms with van der Waals surface area (Å²) in [5.41, 5.74) is 5.12. The summed E-state index contributed by atoms with van der Waals surface area (Å²) in [5.74, 6) is 0. The SMILES string of the molecule is CC(N)(c1ccnc2ccccc12)C(F)F. The highest BCUT2D eigenvalue weighted by molar-refractivity contribution is 5.82. The van der Waals surface area contributed by atoms with Gasteiger partial charge in [-0.25, -0.2) is 8.78 Å². The van der Waals surface area contributed by atoms with Crippen LogP contribution in [-0.4, -0.2) is 11.4 Å². The zero-order valence-electron chi connectivity index (χ0n) is 8.82. The zero-order chi connectivity index (χ0) is 11.8. The van der Waals surface area contributed by atoms with Gasteiger partial charge >= 0.3 is 0 Å². The van der Waals surface area contributed by atoms with E-state index in [1.165, 1.54) is 13.1 Å². The van der Waals surface area contributed by atoms with E-state index in [1.54, 1.807) is 24.3 Å². The van der Waals surface area contributed by atoms with Gasteiger partial charge in [0.1, 0.15) is 5.54 Å². The largest absolute Gasteiger partial charge is 0.317 e. The van der Waals surface area contributed by atoms with Crippen LogP contribution in [0.2, 0.25) is 0 Å². The maximum atomic E-state index is 12.9. The van der Waals surface area contributed by atoms with Gasteiger partial charge in [-0.2, -0.15) is 0 Å². The predicted molar refractivity (Wildman–Crippen MR) is 59.3 cm³/mol. The van der Waals surface area contributed by atoms with E-state index in [0.29, 0.717) is 16.5 Å². The fourth-order valence-electron chi connectivity index (χ4n) is 1.68. The standard InChI is InChI=1S/C12H12F2N2/c1-12(15,11(13)14)9-6-7-16-10-5-3-2-4-8(9)10/h2-7,11H,15H2,1H3. The molecule has 0 radical (unpaired) electrons. The number of fused-ring (bicyclic) bond motifs is 1. The maximum absolute atomic E-state index is 12.9. The van der Waals surface area contributed by atoms with Crippen molar-refractivity contribution in [1.29, 1.82) is 0 Å². The molecule has 1 aromatic heterocycles. The molecule has 0 fully saturated rings. The second kappa shape index (κ2) is 3.79. The average Bonchev–Trinajstić information content (AvgIpc) is 2.28. The molecule has 0 aliphatic carbocycles. The Bertz CT molecular complexity index is 504. The van der Waals surface area contributed by atoms with Crippen molar-refractivity contribution in [2.45, 2.75) is 18.9 Å². The van der Waals surface area contributed by atoms with Gasteiger partial charge in [-0.1, -0.05) is 18.2 Å². The molecule has 0 spiro atoms. The number of nitrogens with two attached hydrogens (primary N) is 1. The number of para-hydroxylation sites is 1. The Balaban J connectivity index is 2.70. The molecule has 1 aromatic carbocycles. The molecule has 16 heavy (non-hydrogen) atoms. The van der Waals surface area contributed by atoms with E-state index in [9.17, 15) is 8.78 Å². The molecule has 1 atom stereocenters. The number of benzene rings is 1. The zero-order valence-corrected chi connectivity index (χ0v) is 8.82. The lowest BCUT2D eigenvalue weighted by Crippen LogP contribution is -2.40. The van der Waals surface area contributed by atoms with E-state index >= 15 is 0 Å². The van der Waals surface area contributed by atoms with Crippen LogP contribution in [-0.2, 0) is 5.54 Å². The van der Waals surface area contributed by atoms with Crippen LogP contribution >= 0.6 is 0 Å². The lowest BCUT2D eigenvalue weighted by Gasteiger charge is -2.25. The Kier molecular flexibility index (Phi) is 2.59. The van der Waals surface area contributed by atoms with E-state index in [2.05, 4.69) is 4.98 Å². The number of halogens is 2. The molecule has 1 heterocycles. The van der Waals surface area contributed by atoms with E-state index in [4.69, 9.17) is 5.73 Å². The van der Waals surface area contributed by atoms with Gasteiger partial charge < -0.3 is 5.73 Å². The van der Waals surface area contributed by atoms with Crippen molar-refractivity contribution in [2.75, 3.05) is 0 Å². The van der Waals surface area contributed by atoms with E-state index in [-0.39, 0.29) is 0 Å². The summed E-state index contributed by atoms with van der Waals surface area (Å²) in [6, 6.07) is 8.68. The summed E-state index contributed by atoms with van der Waals surface area (Å²) < 4.78 is 25.8. The number of alkyl halides is 2. The Morgan fingerprint density at radius 3 is 2.62 bits per heavy atom. The van der Waals surface area contributed by atoms with Crippen molar-refractivity contribution < 1.29 is 8.78 Å². The first-order valence-corrected chi connectivity index (χ1v) is 4.94. The van der Waals surface area contributed by atoms with Crippen molar-refractivity contribution in [2.24, 2.45) is 5.73 Å². The summed E-state index contributed by atoms with van der Waals surface area (Å²) in [6.07, 6.45) is -1.11. The first kappa shape index (κ1) is 11.0. The lowest BCUT2D eigenvalue weighted by atomic mass is 9.91. The Labute approximate surface area is 92.1 Å². The van der Waals surface area contributed by atoms with E-state index in [1.807, 2.05) is 6.07 Å². The average molecular weight is 222 g/mol. The van der Waals surface area contributed by atoms with Gasteiger partial charge in [-0.15, -0.1) is 0 Å². The molecule has 0 saturated carbocycles. The summed E-state index contributed by atoms with van der Waals surface area (Å²) in [4.78, 5) is 4.11. The molecule has 84 valence electrons. The first-order valence-electron chi connectivity index (χ1n) is 4.94. The minimum Gasteiger partial charge on any atom is -0.317 e. The van der Waals surface area contributed by atoms with E-state index in [0.717, 1.165) is 0 Å². The molecule has 2 rings (SSSR count). The molecule has 2 nitrogen and oxygen atoms in total. The molecule has 0 aliphatic rings. The molecule has 0 aliphatic heterocycles. The summed E-state index contributed by atoms with van der Waals surface area (Å²) in [6.45, 7) is 1.33. The highest BCUT2D eigenvalue weighted by Gasteiger charge is 2.33.